The van der Waals surface area contributed by atoms with Crippen LogP contribution < -0.4 is 31.1 Å². The molecule has 332 valence electrons. The first-order chi connectivity index (χ1) is 32.0. The molecule has 1 aliphatic heterocycles. The van der Waals surface area contributed by atoms with E-state index in [2.05, 4.69) is 4.98 Å². The molecule has 4 atom stereocenters. The number of carbonyl (C=O) groups excluding carboxylic acids is 2. The summed E-state index contributed by atoms with van der Waals surface area (Å²) in [6, 6.07) is 35.2. The van der Waals surface area contributed by atoms with E-state index >= 15 is 9.59 Å². The van der Waals surface area contributed by atoms with Crippen molar-refractivity contribution in [2.24, 2.45) is 13.0 Å². The lowest BCUT2D eigenvalue weighted by Crippen LogP contribution is -2.58. The smallest absolute Gasteiger partial charge is 0.347 e. The maximum Gasteiger partial charge on any atom is 0.347 e. The number of nitrogens with zero attached hydrogens (tertiary/aromatic N) is 5. The van der Waals surface area contributed by atoms with Crippen LogP contribution in [0.25, 0.3) is 16.6 Å². The minimum Gasteiger partial charge on any atom is -0.508 e. The maximum absolute atomic E-state index is 15.4. The van der Waals surface area contributed by atoms with Gasteiger partial charge >= 0.3 is 11.4 Å². The molecule has 1 fully saturated rings. The Hall–Kier alpha value is -8.00. The number of methoxy groups -OCH3 is 2. The topological polar surface area (TPSA) is 166 Å². The lowest BCUT2D eigenvalue weighted by molar-refractivity contribution is -0.133. The zero-order valence-electron chi connectivity index (χ0n) is 36.4. The lowest BCUT2D eigenvalue weighted by atomic mass is 9.47. The molecule has 0 spiro atoms. The zero-order valence-corrected chi connectivity index (χ0v) is 36.4. The van der Waals surface area contributed by atoms with E-state index in [9.17, 15) is 19.5 Å². The number of hydrogen-bond donors (Lipinski definition) is 1. The standard InChI is InChI=1S/C52H45N5O9/c1-54-42-29-45(65-3)44(64-2)28-40(42)53-39(49(54)61)22-23-55-50(62)56-24-21-35-41(57(56)51(55)63)27-38-48(60)37(32-15-9-5-10-16-32)26-46(59)52(38,33-17-11-6-12-18-33)47(35)36-20-19-34(25-43(36)58)66-30-31-13-7-4-8-14-31/h4-21,25-26,28-29,38,41,47,58H,22-24,27,30H2,1-3H3. The van der Waals surface area contributed by atoms with E-state index in [1.807, 2.05) is 72.8 Å². The van der Waals surface area contributed by atoms with Crippen molar-refractivity contribution < 1.29 is 28.9 Å². The highest BCUT2D eigenvalue weighted by Gasteiger charge is 2.63. The van der Waals surface area contributed by atoms with Crippen molar-refractivity contribution >= 4 is 28.2 Å². The molecule has 0 saturated heterocycles. The van der Waals surface area contributed by atoms with Crippen molar-refractivity contribution in [2.75, 3.05) is 14.2 Å². The molecular formula is C52H45N5O9. The third-order valence-electron chi connectivity index (χ3n) is 13.5. The van der Waals surface area contributed by atoms with Gasteiger partial charge in [0.05, 0.1) is 43.3 Å². The van der Waals surface area contributed by atoms with Gasteiger partial charge in [-0.15, -0.1) is 0 Å². The SMILES string of the molecule is COc1cc2nc(CCn3c(=O)n4n(c3=O)C3CC5C(=O)C(c6ccccc6)=CC(=O)C5(c5ccccc5)C(c5ccc(OCc6ccccc6)cc5O)C3=CC4)c(=O)n(C)c2cc1OC. The van der Waals surface area contributed by atoms with Crippen molar-refractivity contribution in [3.63, 3.8) is 0 Å². The number of phenols is 1. The van der Waals surface area contributed by atoms with Gasteiger partial charge in [0.1, 0.15) is 23.8 Å². The largest absolute Gasteiger partial charge is 0.508 e. The van der Waals surface area contributed by atoms with Crippen molar-refractivity contribution in [3.8, 4) is 23.0 Å². The number of carbonyl (C=O) groups is 2. The normalized spacial score (nSPS) is 19.9. The predicted molar refractivity (Wildman–Crippen MR) is 246 cm³/mol. The second-order valence-electron chi connectivity index (χ2n) is 16.8. The number of aromatic nitrogens is 5. The lowest BCUT2D eigenvalue weighted by Gasteiger charge is -2.54. The fraction of sp³-hybridized carbons (Fsp3) is 0.231. The molecule has 10 rings (SSSR count). The van der Waals surface area contributed by atoms with E-state index in [4.69, 9.17) is 14.2 Å². The Balaban J connectivity index is 1.10. The number of Topliss-reactive ketones (excluding diaryl/α,β-unsaturated/α-hetero) is 1. The highest BCUT2D eigenvalue weighted by Crippen LogP contribution is 2.62. The summed E-state index contributed by atoms with van der Waals surface area (Å²) in [5.41, 5.74) is 1.20. The molecule has 0 radical (unpaired) electrons. The fourth-order valence-electron chi connectivity index (χ4n) is 10.4. The molecule has 7 aromatic rings. The minimum absolute atomic E-state index is 0.00750. The molecule has 3 aliphatic rings. The van der Waals surface area contributed by atoms with Gasteiger partial charge in [-0.2, -0.15) is 0 Å². The average molecular weight is 884 g/mol. The highest BCUT2D eigenvalue weighted by atomic mass is 16.5. The summed E-state index contributed by atoms with van der Waals surface area (Å²) in [7, 11) is 4.61. The van der Waals surface area contributed by atoms with Crippen LogP contribution in [0.5, 0.6) is 23.0 Å². The van der Waals surface area contributed by atoms with Crippen molar-refractivity contribution in [2.45, 2.75) is 49.9 Å². The zero-order chi connectivity index (χ0) is 45.9. The average Bonchev–Trinajstić information content (AvgIpc) is 3.60. The van der Waals surface area contributed by atoms with Gasteiger partial charge < -0.3 is 23.9 Å². The number of hydrogen-bond acceptors (Lipinski definition) is 10. The predicted octanol–water partition coefficient (Wildman–Crippen LogP) is 6.06. The summed E-state index contributed by atoms with van der Waals surface area (Å²) in [6.07, 6.45) is 3.22. The molecule has 0 amide bonds. The Morgan fingerprint density at radius 2 is 1.48 bits per heavy atom. The number of benzene rings is 5. The Kier molecular flexibility index (Phi) is 10.5. The van der Waals surface area contributed by atoms with E-state index in [1.54, 1.807) is 55.6 Å². The van der Waals surface area contributed by atoms with E-state index < -0.39 is 40.2 Å². The molecule has 2 aromatic heterocycles. The number of rotatable bonds is 11. The van der Waals surface area contributed by atoms with Gasteiger partial charge in [-0.3, -0.25) is 14.4 Å². The number of ether oxygens (including phenoxy) is 3. The van der Waals surface area contributed by atoms with Crippen molar-refractivity contribution in [3.05, 3.63) is 198 Å². The van der Waals surface area contributed by atoms with Gasteiger partial charge in [0.2, 0.25) is 0 Å². The molecule has 66 heavy (non-hydrogen) atoms. The molecule has 3 heterocycles. The van der Waals surface area contributed by atoms with Gasteiger partial charge in [-0.05, 0) is 40.8 Å². The first-order valence-electron chi connectivity index (χ1n) is 21.7. The maximum atomic E-state index is 15.4. The number of aromatic hydroxyl groups is 1. The Labute approximate surface area is 377 Å². The molecule has 5 aromatic carbocycles. The second-order valence-corrected chi connectivity index (χ2v) is 16.8. The summed E-state index contributed by atoms with van der Waals surface area (Å²) in [5.74, 6) is -1.56. The number of allylic oxidation sites excluding steroid dienone is 4. The minimum atomic E-state index is -1.56. The van der Waals surface area contributed by atoms with Crippen LogP contribution in [-0.2, 0) is 48.2 Å². The van der Waals surface area contributed by atoms with Gasteiger partial charge in [-0.25, -0.2) is 28.5 Å². The van der Waals surface area contributed by atoms with E-state index in [1.165, 1.54) is 40.3 Å². The number of aryl methyl sites for hydroxylation is 2. The molecule has 14 nitrogen and oxygen atoms in total. The first kappa shape index (κ1) is 42.0. The van der Waals surface area contributed by atoms with Crippen LogP contribution in [0.1, 0.15) is 46.3 Å². The molecule has 1 saturated carbocycles. The van der Waals surface area contributed by atoms with Crippen LogP contribution in [0, 0.1) is 5.92 Å². The summed E-state index contributed by atoms with van der Waals surface area (Å²) < 4.78 is 22.3. The van der Waals surface area contributed by atoms with Gasteiger partial charge in [0.15, 0.2) is 23.1 Å². The molecule has 2 aliphatic carbocycles. The summed E-state index contributed by atoms with van der Waals surface area (Å²) in [4.78, 5) is 78.2. The van der Waals surface area contributed by atoms with Gasteiger partial charge in [-0.1, -0.05) is 103 Å². The number of ketones is 2. The summed E-state index contributed by atoms with van der Waals surface area (Å²) in [6.45, 7) is 0.0419. The highest BCUT2D eigenvalue weighted by molar-refractivity contribution is 6.31. The van der Waals surface area contributed by atoms with Gasteiger partial charge in [0, 0.05) is 61.2 Å². The van der Waals surface area contributed by atoms with Gasteiger partial charge in [0.25, 0.3) is 5.56 Å². The van der Waals surface area contributed by atoms with Crippen LogP contribution in [0.2, 0.25) is 0 Å². The van der Waals surface area contributed by atoms with Crippen molar-refractivity contribution in [1.82, 2.24) is 23.5 Å². The Morgan fingerprint density at radius 3 is 2.18 bits per heavy atom. The van der Waals surface area contributed by atoms with Crippen LogP contribution in [0.4, 0.5) is 0 Å². The summed E-state index contributed by atoms with van der Waals surface area (Å²) in [5, 5.41) is 12.1. The van der Waals surface area contributed by atoms with Crippen LogP contribution in [0.3, 0.4) is 0 Å². The van der Waals surface area contributed by atoms with Crippen LogP contribution in [-0.4, -0.2) is 54.4 Å². The van der Waals surface area contributed by atoms with Crippen molar-refractivity contribution in [1.29, 1.82) is 0 Å². The molecule has 0 bridgehead atoms. The number of phenolic OH excluding ortho intramolecular Hbond substituents is 1. The number of fused-ring (bicyclic) bond motifs is 5. The van der Waals surface area contributed by atoms with E-state index in [0.29, 0.717) is 50.5 Å². The fourth-order valence-corrected chi connectivity index (χ4v) is 10.4. The quantitative estimate of drug-likeness (QED) is 0.151. The summed E-state index contributed by atoms with van der Waals surface area (Å²) >= 11 is 0. The monoisotopic (exact) mass is 883 g/mol. The molecule has 1 N–H and O–H groups in total. The molecular weight excluding hydrogens is 839 g/mol. The molecule has 14 heteroatoms. The van der Waals surface area contributed by atoms with E-state index in [0.717, 1.165) is 10.1 Å². The Morgan fingerprint density at radius 1 is 0.803 bits per heavy atom. The first-order valence-corrected chi connectivity index (χ1v) is 21.7. The van der Waals surface area contributed by atoms with Crippen LogP contribution in [0.15, 0.2) is 153 Å². The third-order valence-corrected chi connectivity index (χ3v) is 13.5. The van der Waals surface area contributed by atoms with E-state index in [-0.39, 0.29) is 61.1 Å². The Bertz CT molecular complexity index is 3330. The molecule has 4 unspecified atom stereocenters. The third kappa shape index (κ3) is 6.62. The van der Waals surface area contributed by atoms with Crippen LogP contribution >= 0.6 is 0 Å². The second kappa shape index (κ2) is 16.5.